The lowest BCUT2D eigenvalue weighted by Crippen LogP contribution is -2.33. The Morgan fingerprint density at radius 3 is 2.45 bits per heavy atom. The van der Waals surface area contributed by atoms with Crippen molar-refractivity contribution in [3.05, 3.63) is 18.7 Å². The second-order valence-corrected chi connectivity index (χ2v) is 9.63. The molecule has 0 unspecified atom stereocenters. The van der Waals surface area contributed by atoms with Gasteiger partial charge in [-0.3, -0.25) is 0 Å². The van der Waals surface area contributed by atoms with Crippen LogP contribution >= 0.6 is 23.5 Å². The van der Waals surface area contributed by atoms with Gasteiger partial charge in [0.05, 0.1) is 10.4 Å². The Bertz CT molecular complexity index is 384. The van der Waals surface area contributed by atoms with Gasteiger partial charge in [-0.2, -0.15) is 0 Å². The van der Waals surface area contributed by atoms with Gasteiger partial charge in [-0.25, -0.2) is 4.98 Å². The molecular formula is C18H32N2S2. The molecule has 0 spiro atoms. The summed E-state index contributed by atoms with van der Waals surface area (Å²) in [6.07, 6.45) is 17.1. The molecule has 1 saturated heterocycles. The largest absolute Gasteiger partial charge is 0.335 e. The Kier molecular flexibility index (Phi) is 8.23. The number of hydrogen-bond acceptors (Lipinski definition) is 3. The average molecular weight is 341 g/mol. The van der Waals surface area contributed by atoms with E-state index < -0.39 is 0 Å². The molecule has 1 aromatic heterocycles. The van der Waals surface area contributed by atoms with Gasteiger partial charge >= 0.3 is 0 Å². The lowest BCUT2D eigenvalue weighted by atomic mass is 10.1. The van der Waals surface area contributed by atoms with Crippen LogP contribution < -0.4 is 0 Å². The topological polar surface area (TPSA) is 17.8 Å². The van der Waals surface area contributed by atoms with Gasteiger partial charge < -0.3 is 4.57 Å². The first-order chi connectivity index (χ1) is 10.8. The van der Waals surface area contributed by atoms with Gasteiger partial charge in [0.15, 0.2) is 0 Å². The van der Waals surface area contributed by atoms with E-state index in [2.05, 4.69) is 53.1 Å². The summed E-state index contributed by atoms with van der Waals surface area (Å²) in [6, 6.07) is 0. The Balaban J connectivity index is 1.82. The molecule has 4 heteroatoms. The van der Waals surface area contributed by atoms with Crippen LogP contribution in [-0.4, -0.2) is 25.1 Å². The zero-order valence-electron chi connectivity index (χ0n) is 14.3. The molecule has 1 aromatic rings. The first-order valence-corrected chi connectivity index (χ1v) is 11.0. The molecule has 1 fully saturated rings. The number of imidazole rings is 1. The maximum Gasteiger partial charge on any atom is 0.0946 e. The number of unbranched alkanes of at least 4 members (excludes halogenated alkanes) is 5. The number of rotatable bonds is 10. The normalized spacial score (nSPS) is 25.5. The minimum absolute atomic E-state index is 0.386. The minimum atomic E-state index is 0.386. The summed E-state index contributed by atoms with van der Waals surface area (Å²) in [6.45, 7) is 5.75. The summed E-state index contributed by atoms with van der Waals surface area (Å²) >= 11 is 4.45. The summed E-state index contributed by atoms with van der Waals surface area (Å²) in [7, 11) is 0. The Morgan fingerprint density at radius 1 is 1.09 bits per heavy atom. The maximum absolute atomic E-state index is 4.22. The predicted molar refractivity (Wildman–Crippen MR) is 102 cm³/mol. The molecule has 22 heavy (non-hydrogen) atoms. The van der Waals surface area contributed by atoms with Crippen molar-refractivity contribution < 1.29 is 0 Å². The van der Waals surface area contributed by atoms with Crippen LogP contribution in [0, 0.1) is 5.92 Å². The Labute approximate surface area is 145 Å². The van der Waals surface area contributed by atoms with Crippen molar-refractivity contribution in [2.24, 2.45) is 5.92 Å². The predicted octanol–water partition coefficient (Wildman–Crippen LogP) is 5.84. The third kappa shape index (κ3) is 5.84. The molecule has 2 rings (SSSR count). The van der Waals surface area contributed by atoms with E-state index in [9.17, 15) is 0 Å². The fourth-order valence-electron chi connectivity index (χ4n) is 3.01. The van der Waals surface area contributed by atoms with Crippen molar-refractivity contribution in [3.63, 3.8) is 0 Å². The highest BCUT2D eigenvalue weighted by Crippen LogP contribution is 2.49. The summed E-state index contributed by atoms with van der Waals surface area (Å²) in [5, 5.41) is 0. The van der Waals surface area contributed by atoms with Crippen LogP contribution in [0.2, 0.25) is 0 Å². The van der Waals surface area contributed by atoms with Crippen molar-refractivity contribution >= 4 is 23.5 Å². The molecule has 0 amide bonds. The number of hydrogen-bond donors (Lipinski definition) is 0. The van der Waals surface area contributed by atoms with Gasteiger partial charge in [0, 0.05) is 18.9 Å². The maximum atomic E-state index is 4.22. The number of aromatic nitrogens is 2. The highest BCUT2D eigenvalue weighted by atomic mass is 32.2. The van der Waals surface area contributed by atoms with Crippen molar-refractivity contribution in [1.82, 2.24) is 9.55 Å². The van der Waals surface area contributed by atoms with E-state index in [0.29, 0.717) is 4.08 Å². The van der Waals surface area contributed by atoms with Crippen molar-refractivity contribution in [2.45, 2.75) is 75.8 Å². The van der Waals surface area contributed by atoms with E-state index in [1.807, 2.05) is 12.5 Å². The fourth-order valence-corrected chi connectivity index (χ4v) is 6.75. The molecule has 0 aliphatic carbocycles. The molecule has 2 nitrogen and oxygen atoms in total. The van der Waals surface area contributed by atoms with E-state index in [1.54, 1.807) is 0 Å². The standard InChI is InChI=1S/C18H32N2S2/c1-3-5-6-7-8-9-10-18(15-20-12-11-19-16-20)21-13-17(4-2)14-22-18/h11-12,16-17H,3-10,13-15H2,1-2H3. The average Bonchev–Trinajstić information content (AvgIpc) is 3.04. The third-order valence-corrected chi connectivity index (χ3v) is 8.34. The molecule has 0 atom stereocenters. The van der Waals surface area contributed by atoms with Crippen LogP contribution in [0.1, 0.15) is 65.2 Å². The lowest BCUT2D eigenvalue weighted by Gasteiger charge is -2.39. The molecule has 126 valence electrons. The van der Waals surface area contributed by atoms with Crippen LogP contribution in [0.15, 0.2) is 18.7 Å². The second kappa shape index (κ2) is 9.92. The zero-order chi connectivity index (χ0) is 15.7. The molecule has 1 aliphatic rings. The molecule has 0 aromatic carbocycles. The van der Waals surface area contributed by atoms with Gasteiger partial charge in [-0.05, 0) is 23.8 Å². The first-order valence-electron chi connectivity index (χ1n) is 9.01. The van der Waals surface area contributed by atoms with Crippen LogP contribution in [0.3, 0.4) is 0 Å². The SMILES string of the molecule is CCCCCCCCC1(Cn2ccnc2)SCC(CC)CS1. The summed E-state index contributed by atoms with van der Waals surface area (Å²) in [5.74, 6) is 3.60. The van der Waals surface area contributed by atoms with E-state index in [4.69, 9.17) is 0 Å². The van der Waals surface area contributed by atoms with Crippen LogP contribution in [0.25, 0.3) is 0 Å². The molecular weight excluding hydrogens is 308 g/mol. The van der Waals surface area contributed by atoms with Gasteiger partial charge in [0.25, 0.3) is 0 Å². The monoisotopic (exact) mass is 340 g/mol. The van der Waals surface area contributed by atoms with E-state index >= 15 is 0 Å². The molecule has 0 radical (unpaired) electrons. The summed E-state index contributed by atoms with van der Waals surface area (Å²) in [5.41, 5.74) is 0. The van der Waals surface area contributed by atoms with Crippen LogP contribution in [0.5, 0.6) is 0 Å². The lowest BCUT2D eigenvalue weighted by molar-refractivity contribution is 0.522. The minimum Gasteiger partial charge on any atom is -0.335 e. The molecule has 0 bridgehead atoms. The smallest absolute Gasteiger partial charge is 0.0946 e. The molecule has 1 aliphatic heterocycles. The van der Waals surface area contributed by atoms with E-state index in [0.717, 1.165) is 12.5 Å². The number of nitrogens with zero attached hydrogens (tertiary/aromatic N) is 2. The van der Waals surface area contributed by atoms with Crippen molar-refractivity contribution in [2.75, 3.05) is 11.5 Å². The van der Waals surface area contributed by atoms with Crippen LogP contribution in [0.4, 0.5) is 0 Å². The van der Waals surface area contributed by atoms with Gasteiger partial charge in [0.2, 0.25) is 0 Å². The first kappa shape index (κ1) is 18.3. The van der Waals surface area contributed by atoms with E-state index in [1.165, 1.54) is 62.9 Å². The Morgan fingerprint density at radius 2 is 1.82 bits per heavy atom. The number of thioether (sulfide) groups is 2. The molecule has 0 saturated carbocycles. The van der Waals surface area contributed by atoms with Crippen molar-refractivity contribution in [3.8, 4) is 0 Å². The van der Waals surface area contributed by atoms with Crippen molar-refractivity contribution in [1.29, 1.82) is 0 Å². The fraction of sp³-hybridized carbons (Fsp3) is 0.833. The second-order valence-electron chi connectivity index (χ2n) is 6.56. The molecule has 2 heterocycles. The highest BCUT2D eigenvalue weighted by Gasteiger charge is 2.36. The van der Waals surface area contributed by atoms with Gasteiger partial charge in [0.1, 0.15) is 0 Å². The van der Waals surface area contributed by atoms with Crippen LogP contribution in [-0.2, 0) is 6.54 Å². The van der Waals surface area contributed by atoms with E-state index in [-0.39, 0.29) is 0 Å². The molecule has 0 N–H and O–H groups in total. The van der Waals surface area contributed by atoms with Gasteiger partial charge in [-0.1, -0.05) is 58.8 Å². The third-order valence-electron chi connectivity index (χ3n) is 4.64. The van der Waals surface area contributed by atoms with Gasteiger partial charge in [-0.15, -0.1) is 23.5 Å². The zero-order valence-corrected chi connectivity index (χ0v) is 15.9. The quantitative estimate of drug-likeness (QED) is 0.499. The summed E-state index contributed by atoms with van der Waals surface area (Å²) < 4.78 is 2.67. The summed E-state index contributed by atoms with van der Waals surface area (Å²) in [4.78, 5) is 4.22. The highest BCUT2D eigenvalue weighted by molar-refractivity contribution is 8.18. The Hall–Kier alpha value is -0.0900.